The largest absolute Gasteiger partial charge is 0.489 e. The van der Waals surface area contributed by atoms with E-state index in [1.54, 1.807) is 0 Å². The number of aliphatic hydroxyl groups excluding tert-OH is 1. The van der Waals surface area contributed by atoms with Crippen molar-refractivity contribution >= 4 is 11.6 Å². The van der Waals surface area contributed by atoms with Gasteiger partial charge in [0.2, 0.25) is 0 Å². The molecule has 0 aliphatic heterocycles. The van der Waals surface area contributed by atoms with Crippen molar-refractivity contribution < 1.29 is 14.6 Å². The number of halogens is 1. The Kier molecular flexibility index (Phi) is 7.90. The summed E-state index contributed by atoms with van der Waals surface area (Å²) < 4.78 is 11.0. The zero-order chi connectivity index (χ0) is 16.3. The maximum Gasteiger partial charge on any atom is 0.120 e. The van der Waals surface area contributed by atoms with Crippen molar-refractivity contribution in [3.63, 3.8) is 0 Å². The highest BCUT2D eigenvalue weighted by atomic mass is 35.5. The third-order valence-corrected chi connectivity index (χ3v) is 3.61. The molecule has 0 bridgehead atoms. The van der Waals surface area contributed by atoms with E-state index in [4.69, 9.17) is 26.2 Å². The van der Waals surface area contributed by atoms with Gasteiger partial charge in [-0.1, -0.05) is 41.9 Å². The van der Waals surface area contributed by atoms with E-state index in [0.717, 1.165) is 30.0 Å². The highest BCUT2D eigenvalue weighted by Gasteiger charge is 2.01. The van der Waals surface area contributed by atoms with E-state index in [2.05, 4.69) is 5.32 Å². The Hall–Kier alpha value is -1.59. The van der Waals surface area contributed by atoms with Crippen LogP contribution in [0.25, 0.3) is 0 Å². The fourth-order valence-corrected chi connectivity index (χ4v) is 2.26. The summed E-state index contributed by atoms with van der Waals surface area (Å²) in [6.07, 6.45) is 0. The van der Waals surface area contributed by atoms with Crippen molar-refractivity contribution in [2.24, 2.45) is 0 Å². The van der Waals surface area contributed by atoms with E-state index in [1.807, 2.05) is 48.5 Å². The highest BCUT2D eigenvalue weighted by molar-refractivity contribution is 6.31. The van der Waals surface area contributed by atoms with Crippen LogP contribution in [-0.2, 0) is 17.9 Å². The molecule has 0 spiro atoms. The van der Waals surface area contributed by atoms with E-state index in [1.165, 1.54) is 0 Å². The van der Waals surface area contributed by atoms with Gasteiger partial charge in [-0.15, -0.1) is 0 Å². The Bertz CT molecular complexity index is 592. The molecule has 0 saturated carbocycles. The number of ether oxygens (including phenoxy) is 2. The van der Waals surface area contributed by atoms with Gasteiger partial charge in [0.15, 0.2) is 0 Å². The molecule has 0 unspecified atom stereocenters. The van der Waals surface area contributed by atoms with Gasteiger partial charge in [0, 0.05) is 23.7 Å². The first-order valence-electron chi connectivity index (χ1n) is 7.64. The first kappa shape index (κ1) is 17.8. The zero-order valence-electron chi connectivity index (χ0n) is 13.0. The first-order chi connectivity index (χ1) is 11.3. The molecule has 0 saturated heterocycles. The van der Waals surface area contributed by atoms with Crippen LogP contribution < -0.4 is 10.1 Å². The quantitative estimate of drug-likeness (QED) is 0.655. The zero-order valence-corrected chi connectivity index (χ0v) is 13.8. The van der Waals surface area contributed by atoms with Crippen LogP contribution in [0.1, 0.15) is 11.1 Å². The van der Waals surface area contributed by atoms with Crippen LogP contribution in [0.3, 0.4) is 0 Å². The molecule has 0 heterocycles. The third-order valence-electron chi connectivity index (χ3n) is 3.24. The Morgan fingerprint density at radius 3 is 2.74 bits per heavy atom. The second kappa shape index (κ2) is 10.2. The summed E-state index contributed by atoms with van der Waals surface area (Å²) >= 11 is 6.12. The van der Waals surface area contributed by atoms with Gasteiger partial charge in [-0.25, -0.2) is 0 Å². The van der Waals surface area contributed by atoms with Crippen LogP contribution in [0.5, 0.6) is 5.75 Å². The number of benzene rings is 2. The third kappa shape index (κ3) is 6.59. The van der Waals surface area contributed by atoms with Crippen molar-refractivity contribution in [1.82, 2.24) is 5.32 Å². The van der Waals surface area contributed by atoms with Crippen LogP contribution in [0, 0.1) is 0 Å². The number of aliphatic hydroxyl groups is 1. The van der Waals surface area contributed by atoms with Gasteiger partial charge in [-0.05, 0) is 23.8 Å². The molecule has 2 rings (SSSR count). The minimum Gasteiger partial charge on any atom is -0.489 e. The van der Waals surface area contributed by atoms with E-state index in [-0.39, 0.29) is 6.61 Å². The summed E-state index contributed by atoms with van der Waals surface area (Å²) in [5.74, 6) is 0.820. The second-order valence-electron chi connectivity index (χ2n) is 5.04. The topological polar surface area (TPSA) is 50.7 Å². The Balaban J connectivity index is 1.77. The minimum atomic E-state index is 0.0603. The molecule has 2 aromatic carbocycles. The molecule has 0 aliphatic rings. The molecule has 124 valence electrons. The first-order valence-corrected chi connectivity index (χ1v) is 8.02. The van der Waals surface area contributed by atoms with E-state index >= 15 is 0 Å². The summed E-state index contributed by atoms with van der Waals surface area (Å²) in [6, 6.07) is 15.6. The minimum absolute atomic E-state index is 0.0603. The molecule has 2 aromatic rings. The van der Waals surface area contributed by atoms with Gasteiger partial charge in [0.1, 0.15) is 12.4 Å². The SMILES string of the molecule is OCCOCCNCc1cccc(OCc2ccccc2Cl)c1. The molecular weight excluding hydrogens is 314 g/mol. The number of hydrogen-bond donors (Lipinski definition) is 2. The summed E-state index contributed by atoms with van der Waals surface area (Å²) in [4.78, 5) is 0. The lowest BCUT2D eigenvalue weighted by Gasteiger charge is -2.10. The fourth-order valence-electron chi connectivity index (χ4n) is 2.07. The molecule has 0 radical (unpaired) electrons. The van der Waals surface area contributed by atoms with Crippen LogP contribution in [0.2, 0.25) is 5.02 Å². The standard InChI is InChI=1S/C18H22ClNO3/c19-18-7-2-1-5-16(18)14-23-17-6-3-4-15(12-17)13-20-8-10-22-11-9-21/h1-7,12,20-21H,8-11,13-14H2. The van der Waals surface area contributed by atoms with Gasteiger partial charge in [-0.2, -0.15) is 0 Å². The van der Waals surface area contributed by atoms with Crippen LogP contribution in [0.4, 0.5) is 0 Å². The summed E-state index contributed by atoms with van der Waals surface area (Å²) in [6.45, 7) is 2.96. The Morgan fingerprint density at radius 1 is 1.04 bits per heavy atom. The van der Waals surface area contributed by atoms with E-state index < -0.39 is 0 Å². The van der Waals surface area contributed by atoms with Crippen molar-refractivity contribution in [3.8, 4) is 5.75 Å². The van der Waals surface area contributed by atoms with Crippen molar-refractivity contribution in [1.29, 1.82) is 0 Å². The predicted octanol–water partition coefficient (Wildman–Crippen LogP) is 3.02. The van der Waals surface area contributed by atoms with Crippen molar-refractivity contribution in [3.05, 3.63) is 64.7 Å². The fraction of sp³-hybridized carbons (Fsp3) is 0.333. The summed E-state index contributed by atoms with van der Waals surface area (Å²) in [5.41, 5.74) is 2.11. The smallest absolute Gasteiger partial charge is 0.120 e. The molecule has 23 heavy (non-hydrogen) atoms. The molecule has 0 aromatic heterocycles. The van der Waals surface area contributed by atoms with Crippen LogP contribution in [0.15, 0.2) is 48.5 Å². The van der Waals surface area contributed by atoms with Gasteiger partial charge in [-0.3, -0.25) is 0 Å². The van der Waals surface area contributed by atoms with Crippen molar-refractivity contribution in [2.45, 2.75) is 13.2 Å². The Labute approximate surface area is 142 Å². The molecule has 5 heteroatoms. The average Bonchev–Trinajstić information content (AvgIpc) is 2.58. The van der Waals surface area contributed by atoms with E-state index in [0.29, 0.717) is 24.8 Å². The van der Waals surface area contributed by atoms with Gasteiger partial charge < -0.3 is 19.9 Å². The van der Waals surface area contributed by atoms with Gasteiger partial charge in [0.25, 0.3) is 0 Å². The molecule has 0 fully saturated rings. The maximum absolute atomic E-state index is 8.61. The van der Waals surface area contributed by atoms with Crippen LogP contribution >= 0.6 is 11.6 Å². The molecule has 2 N–H and O–H groups in total. The maximum atomic E-state index is 8.61. The van der Waals surface area contributed by atoms with Crippen LogP contribution in [-0.4, -0.2) is 31.5 Å². The number of rotatable bonds is 10. The van der Waals surface area contributed by atoms with Crippen molar-refractivity contribution in [2.75, 3.05) is 26.4 Å². The van der Waals surface area contributed by atoms with Gasteiger partial charge >= 0.3 is 0 Å². The summed E-state index contributed by atoms with van der Waals surface area (Å²) in [7, 11) is 0. The number of nitrogens with one attached hydrogen (secondary N) is 1. The average molecular weight is 336 g/mol. The monoisotopic (exact) mass is 335 g/mol. The lowest BCUT2D eigenvalue weighted by molar-refractivity contribution is 0.0938. The predicted molar refractivity (Wildman–Crippen MR) is 91.8 cm³/mol. The lowest BCUT2D eigenvalue weighted by atomic mass is 10.2. The summed E-state index contributed by atoms with van der Waals surface area (Å²) in [5, 5.41) is 12.6. The molecule has 4 nitrogen and oxygen atoms in total. The number of hydrogen-bond acceptors (Lipinski definition) is 4. The lowest BCUT2D eigenvalue weighted by Crippen LogP contribution is -2.20. The van der Waals surface area contributed by atoms with Gasteiger partial charge in [0.05, 0.1) is 19.8 Å². The molecule has 0 aliphatic carbocycles. The molecule has 0 atom stereocenters. The highest BCUT2D eigenvalue weighted by Crippen LogP contribution is 2.19. The molecular formula is C18H22ClNO3. The molecule has 0 amide bonds. The second-order valence-corrected chi connectivity index (χ2v) is 5.45. The Morgan fingerprint density at radius 2 is 1.91 bits per heavy atom. The van der Waals surface area contributed by atoms with E-state index in [9.17, 15) is 0 Å². The normalized spacial score (nSPS) is 10.7.